The Labute approximate surface area is 205 Å². The molecule has 3 rings (SSSR count). The maximum Gasteiger partial charge on any atom is 0.414 e. The second-order valence-electron chi connectivity index (χ2n) is 8.02. The quantitative estimate of drug-likeness (QED) is 0.345. The van der Waals surface area contributed by atoms with Crippen LogP contribution < -0.4 is 5.32 Å². The van der Waals surface area contributed by atoms with Crippen LogP contribution in [0.4, 0.5) is 5.00 Å². The zero-order valence-electron chi connectivity index (χ0n) is 19.3. The van der Waals surface area contributed by atoms with Crippen LogP contribution in [0, 0.1) is 17.2 Å². The third-order valence-electron chi connectivity index (χ3n) is 5.21. The lowest BCUT2D eigenvalue weighted by Crippen LogP contribution is -2.47. The molecule has 0 spiro atoms. The van der Waals surface area contributed by atoms with Gasteiger partial charge >= 0.3 is 23.9 Å². The van der Waals surface area contributed by atoms with Gasteiger partial charge in [0.25, 0.3) is 0 Å². The lowest BCUT2D eigenvalue weighted by atomic mass is 9.89. The van der Waals surface area contributed by atoms with Gasteiger partial charge in [0, 0.05) is 31.1 Å². The second-order valence-corrected chi connectivity index (χ2v) is 9.12. The highest BCUT2D eigenvalue weighted by Crippen LogP contribution is 2.39. The van der Waals surface area contributed by atoms with Crippen molar-refractivity contribution in [2.75, 3.05) is 45.1 Å². The average Bonchev–Trinajstić information content (AvgIpc) is 3.11. The van der Waals surface area contributed by atoms with Crippen molar-refractivity contribution < 1.29 is 44.4 Å². The molecule has 5 N–H and O–H groups in total. The van der Waals surface area contributed by atoms with Crippen LogP contribution in [0.15, 0.2) is 0 Å². The number of aliphatic carboxylic acids is 4. The number of carbonyl (C=O) groups is 5. The summed E-state index contributed by atoms with van der Waals surface area (Å²) >= 11 is 1.60. The number of rotatable bonds is 3. The van der Waals surface area contributed by atoms with Crippen molar-refractivity contribution in [2.45, 2.75) is 26.2 Å². The largest absolute Gasteiger partial charge is 0.473 e. The molecular formula is C21H28N4O9S. The van der Waals surface area contributed by atoms with Gasteiger partial charge in [0.05, 0.1) is 12.1 Å². The first kappa shape index (κ1) is 29.5. The van der Waals surface area contributed by atoms with Crippen LogP contribution in [0.3, 0.4) is 0 Å². The SMILES string of the molecule is CC1CCc2c(sc(NC(=O)CN3CCN(C)CC3)c2C#N)C1.O=C(O)C(=O)O.O=C(O)C(=O)O. The predicted octanol–water partition coefficient (Wildman–Crippen LogP) is 0.242. The number of piperazine rings is 1. The molecule has 0 bridgehead atoms. The van der Waals surface area contributed by atoms with Crippen molar-refractivity contribution in [3.63, 3.8) is 0 Å². The molecular weight excluding hydrogens is 484 g/mol. The van der Waals surface area contributed by atoms with Gasteiger partial charge in [-0.1, -0.05) is 6.92 Å². The fourth-order valence-electron chi connectivity index (χ4n) is 3.33. The van der Waals surface area contributed by atoms with Crippen molar-refractivity contribution in [2.24, 2.45) is 5.92 Å². The van der Waals surface area contributed by atoms with Crippen LogP contribution in [-0.4, -0.2) is 99.8 Å². The Kier molecular flexibility index (Phi) is 11.8. The van der Waals surface area contributed by atoms with E-state index in [9.17, 15) is 10.1 Å². The molecule has 1 aliphatic heterocycles. The third-order valence-corrected chi connectivity index (χ3v) is 6.38. The van der Waals surface area contributed by atoms with Gasteiger partial charge in [0.15, 0.2) is 0 Å². The fourth-order valence-corrected chi connectivity index (χ4v) is 4.71. The van der Waals surface area contributed by atoms with E-state index in [-0.39, 0.29) is 5.91 Å². The first-order chi connectivity index (χ1) is 16.3. The monoisotopic (exact) mass is 512 g/mol. The van der Waals surface area contributed by atoms with E-state index in [4.69, 9.17) is 39.6 Å². The number of hydrogen-bond acceptors (Lipinski definition) is 9. The van der Waals surface area contributed by atoms with Crippen LogP contribution >= 0.6 is 11.3 Å². The standard InChI is InChI=1S/C17H24N4OS.2C2H2O4/c1-12-3-4-13-14(10-18)17(23-15(13)9-12)19-16(22)11-21-7-5-20(2)6-8-21;2*3-1(4)2(5)6/h12H,3-9,11H2,1-2H3,(H,19,22);2*(H,3,4)(H,5,6). The first-order valence-electron chi connectivity index (χ1n) is 10.5. The molecule has 1 aliphatic carbocycles. The van der Waals surface area contributed by atoms with Gasteiger partial charge in [-0.05, 0) is 37.8 Å². The zero-order chi connectivity index (χ0) is 26.7. The molecule has 1 fully saturated rings. The number of fused-ring (bicyclic) bond motifs is 1. The van der Waals surface area contributed by atoms with E-state index in [1.807, 2.05) is 0 Å². The van der Waals surface area contributed by atoms with Gasteiger partial charge in [0.1, 0.15) is 11.1 Å². The molecule has 2 heterocycles. The average molecular weight is 513 g/mol. The molecule has 1 atom stereocenters. The Morgan fingerprint density at radius 3 is 1.97 bits per heavy atom. The van der Waals surface area contributed by atoms with E-state index >= 15 is 0 Å². The molecule has 2 aliphatic rings. The molecule has 0 aromatic carbocycles. The topological polar surface area (TPSA) is 209 Å². The van der Waals surface area contributed by atoms with E-state index in [1.165, 1.54) is 10.4 Å². The summed E-state index contributed by atoms with van der Waals surface area (Å²) in [4.78, 5) is 54.5. The highest BCUT2D eigenvalue weighted by molar-refractivity contribution is 7.16. The third kappa shape index (κ3) is 10.1. The van der Waals surface area contributed by atoms with E-state index in [0.717, 1.165) is 50.4 Å². The molecule has 13 nitrogen and oxygen atoms in total. The summed E-state index contributed by atoms with van der Waals surface area (Å²) in [5, 5.41) is 42.8. The Morgan fingerprint density at radius 1 is 1.00 bits per heavy atom. The number of carboxylic acids is 4. The van der Waals surface area contributed by atoms with Crippen LogP contribution in [-0.2, 0) is 36.8 Å². The van der Waals surface area contributed by atoms with Crippen LogP contribution in [0.1, 0.15) is 29.3 Å². The number of thiophene rings is 1. The molecule has 1 amide bonds. The number of amides is 1. The second kappa shape index (κ2) is 14.0. The summed E-state index contributed by atoms with van der Waals surface area (Å²) in [7, 11) is 2.10. The number of nitrogens with zero attached hydrogens (tertiary/aromatic N) is 3. The van der Waals surface area contributed by atoms with Gasteiger partial charge in [-0.3, -0.25) is 9.69 Å². The Morgan fingerprint density at radius 2 is 1.51 bits per heavy atom. The van der Waals surface area contributed by atoms with Crippen LogP contribution in [0.2, 0.25) is 0 Å². The minimum Gasteiger partial charge on any atom is -0.473 e. The lowest BCUT2D eigenvalue weighted by Gasteiger charge is -2.31. The van der Waals surface area contributed by atoms with Gasteiger partial charge < -0.3 is 30.6 Å². The van der Waals surface area contributed by atoms with Crippen molar-refractivity contribution in [3.8, 4) is 6.07 Å². The predicted molar refractivity (Wildman–Crippen MR) is 123 cm³/mol. The van der Waals surface area contributed by atoms with Crippen molar-refractivity contribution in [1.82, 2.24) is 9.80 Å². The van der Waals surface area contributed by atoms with Crippen LogP contribution in [0.25, 0.3) is 0 Å². The van der Waals surface area contributed by atoms with Gasteiger partial charge in [-0.25, -0.2) is 19.2 Å². The minimum absolute atomic E-state index is 0.00213. The number of hydrogen-bond donors (Lipinski definition) is 5. The molecule has 0 saturated carbocycles. The maximum absolute atomic E-state index is 12.3. The lowest BCUT2D eigenvalue weighted by molar-refractivity contribution is -0.159. The highest BCUT2D eigenvalue weighted by atomic mass is 32.1. The number of nitrogens with one attached hydrogen (secondary N) is 1. The van der Waals surface area contributed by atoms with E-state index < -0.39 is 23.9 Å². The summed E-state index contributed by atoms with van der Waals surface area (Å²) in [5.41, 5.74) is 1.87. The van der Waals surface area contributed by atoms with E-state index in [0.29, 0.717) is 18.0 Å². The molecule has 35 heavy (non-hydrogen) atoms. The Hall–Kier alpha value is -3.54. The summed E-state index contributed by atoms with van der Waals surface area (Å²) in [6.45, 7) is 6.52. The molecule has 1 saturated heterocycles. The number of anilines is 1. The maximum atomic E-state index is 12.3. The number of likely N-dealkylation sites (N-methyl/N-ethyl adjacent to an activating group) is 1. The van der Waals surface area contributed by atoms with Gasteiger partial charge in [0.2, 0.25) is 5.91 Å². The normalized spacial score (nSPS) is 17.2. The van der Waals surface area contributed by atoms with Gasteiger partial charge in [-0.15, -0.1) is 11.3 Å². The molecule has 0 radical (unpaired) electrons. The molecule has 1 aromatic heterocycles. The van der Waals surface area contributed by atoms with Crippen molar-refractivity contribution in [3.05, 3.63) is 16.0 Å². The number of nitriles is 1. The van der Waals surface area contributed by atoms with Crippen LogP contribution in [0.5, 0.6) is 0 Å². The van der Waals surface area contributed by atoms with E-state index in [2.05, 4.69) is 35.2 Å². The van der Waals surface area contributed by atoms with Gasteiger partial charge in [-0.2, -0.15) is 5.26 Å². The molecule has 1 aromatic rings. The highest BCUT2D eigenvalue weighted by Gasteiger charge is 2.25. The Bertz CT molecular complexity index is 946. The molecule has 192 valence electrons. The van der Waals surface area contributed by atoms with Crippen molar-refractivity contribution >= 4 is 46.1 Å². The minimum atomic E-state index is -1.82. The summed E-state index contributed by atoms with van der Waals surface area (Å²) in [6.07, 6.45) is 3.13. The first-order valence-corrected chi connectivity index (χ1v) is 11.3. The number of carboxylic acid groups (broad SMARTS) is 4. The molecule has 1 unspecified atom stereocenters. The fraction of sp³-hybridized carbons (Fsp3) is 0.524. The Balaban J connectivity index is 0.000000425. The summed E-state index contributed by atoms with van der Waals surface area (Å²) < 4.78 is 0. The number of carbonyl (C=O) groups excluding carboxylic acids is 1. The summed E-state index contributed by atoms with van der Waals surface area (Å²) in [5.74, 6) is -6.63. The molecule has 14 heteroatoms. The van der Waals surface area contributed by atoms with E-state index in [1.54, 1.807) is 11.3 Å². The smallest absolute Gasteiger partial charge is 0.414 e. The van der Waals surface area contributed by atoms with Crippen molar-refractivity contribution in [1.29, 1.82) is 5.26 Å². The summed E-state index contributed by atoms with van der Waals surface area (Å²) in [6, 6.07) is 2.31. The zero-order valence-corrected chi connectivity index (χ0v) is 20.1.